The lowest BCUT2D eigenvalue weighted by Crippen LogP contribution is -2.42. The van der Waals surface area contributed by atoms with Crippen LogP contribution in [0.3, 0.4) is 0 Å². The number of likely N-dealkylation sites (N-methyl/N-ethyl adjacent to an activating group) is 1. The van der Waals surface area contributed by atoms with Gasteiger partial charge in [-0.15, -0.1) is 24.0 Å². The third kappa shape index (κ3) is 7.60. The maximum Gasteiger partial charge on any atom is 0.188 e. The zero-order valence-electron chi connectivity index (χ0n) is 17.2. The predicted molar refractivity (Wildman–Crippen MR) is 130 cm³/mol. The molecule has 0 saturated carbocycles. The summed E-state index contributed by atoms with van der Waals surface area (Å²) in [5.74, 6) is 0.517. The van der Waals surface area contributed by atoms with E-state index in [2.05, 4.69) is 46.4 Å². The van der Waals surface area contributed by atoms with Crippen molar-refractivity contribution in [1.29, 1.82) is 0 Å². The molecule has 1 saturated heterocycles. The highest BCUT2D eigenvalue weighted by atomic mass is 127. The molecule has 0 aromatic heterocycles. The van der Waals surface area contributed by atoms with Gasteiger partial charge in [0.05, 0.1) is 19.8 Å². The number of benzene rings is 2. The smallest absolute Gasteiger partial charge is 0.188 e. The number of hydrogen-bond donors (Lipinski definition) is 2. The third-order valence-electron chi connectivity index (χ3n) is 5.33. The van der Waals surface area contributed by atoms with E-state index in [0.29, 0.717) is 31.8 Å². The molecule has 1 aliphatic heterocycles. The molecule has 3 rings (SSSR count). The van der Waals surface area contributed by atoms with Gasteiger partial charge in [-0.3, -0.25) is 4.90 Å². The minimum Gasteiger partial charge on any atom is -0.372 e. The predicted octanol–water partition coefficient (Wildman–Crippen LogP) is 3.91. The first-order chi connectivity index (χ1) is 13.8. The van der Waals surface area contributed by atoms with Crippen molar-refractivity contribution in [1.82, 2.24) is 10.2 Å². The molecule has 1 aliphatic rings. The van der Waals surface area contributed by atoms with Crippen molar-refractivity contribution in [2.45, 2.75) is 45.6 Å². The Morgan fingerprint density at radius 1 is 1.10 bits per heavy atom. The number of guanidine groups is 1. The first kappa shape index (κ1) is 23.6. The van der Waals surface area contributed by atoms with E-state index < -0.39 is 0 Å². The maximum absolute atomic E-state index is 6.10. The second kappa shape index (κ2) is 12.8. The molecule has 29 heavy (non-hydrogen) atoms. The summed E-state index contributed by atoms with van der Waals surface area (Å²) in [5, 5.41) is 3.30. The Hall–Kier alpha value is -1.64. The van der Waals surface area contributed by atoms with Crippen LogP contribution < -0.4 is 11.1 Å². The van der Waals surface area contributed by atoms with E-state index in [1.54, 1.807) is 0 Å². The molecule has 0 spiro atoms. The van der Waals surface area contributed by atoms with Crippen molar-refractivity contribution in [3.05, 3.63) is 71.3 Å². The number of nitrogens with zero attached hydrogens (tertiary/aromatic N) is 2. The lowest BCUT2D eigenvalue weighted by molar-refractivity contribution is 0.106. The molecule has 1 unspecified atom stereocenters. The molecule has 0 radical (unpaired) electrons. The van der Waals surface area contributed by atoms with Gasteiger partial charge in [-0.1, -0.05) is 61.5 Å². The average Bonchev–Trinajstić information content (AvgIpc) is 3.20. The standard InChI is InChI=1S/C23H32N4O.HI/c1-2-27-14-8-13-22(27)16-26-23(24)25-15-20-11-6-7-12-21(20)18-28-17-19-9-4-3-5-10-19;/h3-7,9-12,22H,2,8,13-18H2,1H3,(H3,24,25,26);1H. The van der Waals surface area contributed by atoms with Gasteiger partial charge in [0, 0.05) is 12.6 Å². The Kier molecular flexibility index (Phi) is 10.5. The van der Waals surface area contributed by atoms with E-state index in [-0.39, 0.29) is 24.0 Å². The van der Waals surface area contributed by atoms with Crippen molar-refractivity contribution < 1.29 is 4.74 Å². The lowest BCUT2D eigenvalue weighted by Gasteiger charge is -2.23. The zero-order chi connectivity index (χ0) is 19.6. The molecular formula is C23H33IN4O. The zero-order valence-corrected chi connectivity index (χ0v) is 19.5. The Morgan fingerprint density at radius 2 is 1.83 bits per heavy atom. The summed E-state index contributed by atoms with van der Waals surface area (Å²) in [7, 11) is 0. The van der Waals surface area contributed by atoms with E-state index in [1.165, 1.54) is 24.9 Å². The highest BCUT2D eigenvalue weighted by Gasteiger charge is 2.22. The van der Waals surface area contributed by atoms with Gasteiger partial charge in [0.1, 0.15) is 0 Å². The summed E-state index contributed by atoms with van der Waals surface area (Å²) in [4.78, 5) is 7.04. The minimum atomic E-state index is 0. The minimum absolute atomic E-state index is 0. The molecule has 6 heteroatoms. The second-order valence-corrected chi connectivity index (χ2v) is 7.25. The van der Waals surface area contributed by atoms with Gasteiger partial charge in [-0.2, -0.15) is 0 Å². The van der Waals surface area contributed by atoms with Crippen LogP contribution in [0, 0.1) is 0 Å². The number of aliphatic imine (C=N–C) groups is 1. The van der Waals surface area contributed by atoms with E-state index in [0.717, 1.165) is 24.2 Å². The van der Waals surface area contributed by atoms with Gasteiger partial charge >= 0.3 is 0 Å². The number of hydrogen-bond acceptors (Lipinski definition) is 3. The molecule has 2 aromatic rings. The van der Waals surface area contributed by atoms with Crippen LogP contribution in [0.15, 0.2) is 59.6 Å². The number of halogens is 1. The van der Waals surface area contributed by atoms with E-state index in [4.69, 9.17) is 10.5 Å². The summed E-state index contributed by atoms with van der Waals surface area (Å²) >= 11 is 0. The average molecular weight is 508 g/mol. The third-order valence-corrected chi connectivity index (χ3v) is 5.33. The number of nitrogens with one attached hydrogen (secondary N) is 1. The molecule has 5 nitrogen and oxygen atoms in total. The molecule has 158 valence electrons. The van der Waals surface area contributed by atoms with Crippen molar-refractivity contribution in [3.63, 3.8) is 0 Å². The van der Waals surface area contributed by atoms with Crippen LogP contribution in [0.25, 0.3) is 0 Å². The van der Waals surface area contributed by atoms with Gasteiger partial charge in [0.2, 0.25) is 0 Å². The molecule has 1 heterocycles. The van der Waals surface area contributed by atoms with Crippen LogP contribution in [0.2, 0.25) is 0 Å². The monoisotopic (exact) mass is 508 g/mol. The van der Waals surface area contributed by atoms with Crippen LogP contribution >= 0.6 is 24.0 Å². The number of ether oxygens (including phenoxy) is 1. The first-order valence-electron chi connectivity index (χ1n) is 10.2. The fraction of sp³-hybridized carbons (Fsp3) is 0.435. The molecular weight excluding hydrogens is 475 g/mol. The van der Waals surface area contributed by atoms with Crippen LogP contribution in [-0.4, -0.2) is 36.5 Å². The highest BCUT2D eigenvalue weighted by Crippen LogP contribution is 2.16. The lowest BCUT2D eigenvalue weighted by atomic mass is 10.1. The van der Waals surface area contributed by atoms with Gasteiger partial charge in [0.15, 0.2) is 5.96 Å². The largest absolute Gasteiger partial charge is 0.372 e. The van der Waals surface area contributed by atoms with Gasteiger partial charge in [-0.25, -0.2) is 4.99 Å². The fourth-order valence-electron chi connectivity index (χ4n) is 3.70. The van der Waals surface area contributed by atoms with Gasteiger partial charge in [-0.05, 0) is 42.6 Å². The summed E-state index contributed by atoms with van der Waals surface area (Å²) in [6.07, 6.45) is 2.50. The molecule has 3 N–H and O–H groups in total. The molecule has 1 atom stereocenters. The summed E-state index contributed by atoms with van der Waals surface area (Å²) in [6.45, 7) is 7.11. The Morgan fingerprint density at radius 3 is 2.59 bits per heavy atom. The normalized spacial score (nSPS) is 17.1. The molecule has 0 amide bonds. The Balaban J connectivity index is 0.00000300. The summed E-state index contributed by atoms with van der Waals surface area (Å²) in [5.41, 5.74) is 9.59. The van der Waals surface area contributed by atoms with Crippen molar-refractivity contribution in [2.75, 3.05) is 19.6 Å². The summed E-state index contributed by atoms with van der Waals surface area (Å²) < 4.78 is 5.89. The van der Waals surface area contributed by atoms with E-state index in [9.17, 15) is 0 Å². The molecule has 2 aromatic carbocycles. The number of rotatable bonds is 9. The number of nitrogens with two attached hydrogens (primary N) is 1. The Bertz CT molecular complexity index is 754. The number of likely N-dealkylation sites (tertiary alicyclic amines) is 1. The van der Waals surface area contributed by atoms with Crippen LogP contribution in [0.5, 0.6) is 0 Å². The van der Waals surface area contributed by atoms with Gasteiger partial charge in [0.25, 0.3) is 0 Å². The van der Waals surface area contributed by atoms with E-state index in [1.807, 2.05) is 30.3 Å². The SMILES string of the molecule is CCN1CCCC1CNC(N)=NCc1ccccc1COCc1ccccc1.I. The van der Waals surface area contributed by atoms with Crippen LogP contribution in [0.4, 0.5) is 0 Å². The van der Waals surface area contributed by atoms with Crippen molar-refractivity contribution in [2.24, 2.45) is 10.7 Å². The van der Waals surface area contributed by atoms with Crippen LogP contribution in [0.1, 0.15) is 36.5 Å². The van der Waals surface area contributed by atoms with E-state index >= 15 is 0 Å². The van der Waals surface area contributed by atoms with Gasteiger partial charge < -0.3 is 15.8 Å². The molecule has 1 fully saturated rings. The fourth-order valence-corrected chi connectivity index (χ4v) is 3.70. The maximum atomic E-state index is 6.10. The topological polar surface area (TPSA) is 62.9 Å². The Labute approximate surface area is 191 Å². The highest BCUT2D eigenvalue weighted by molar-refractivity contribution is 14.0. The second-order valence-electron chi connectivity index (χ2n) is 7.25. The quantitative estimate of drug-likeness (QED) is 0.307. The van der Waals surface area contributed by atoms with Crippen molar-refractivity contribution >= 4 is 29.9 Å². The summed E-state index contributed by atoms with van der Waals surface area (Å²) in [6, 6.07) is 19.1. The first-order valence-corrected chi connectivity index (χ1v) is 10.2. The molecule has 0 aliphatic carbocycles. The molecule has 0 bridgehead atoms. The van der Waals surface area contributed by atoms with Crippen LogP contribution in [-0.2, 0) is 24.5 Å². The van der Waals surface area contributed by atoms with Crippen molar-refractivity contribution in [3.8, 4) is 0 Å².